The second-order valence-electron chi connectivity index (χ2n) is 4.01. The van der Waals surface area contributed by atoms with Gasteiger partial charge in [-0.1, -0.05) is 13.8 Å². The first-order valence-electron chi connectivity index (χ1n) is 4.53. The molecule has 66 valence electrons. The van der Waals surface area contributed by atoms with E-state index < -0.39 is 0 Å². The van der Waals surface area contributed by atoms with Crippen LogP contribution in [0.3, 0.4) is 0 Å². The minimum absolute atomic E-state index is 0.00231. The van der Waals surface area contributed by atoms with Crippen molar-refractivity contribution in [2.75, 3.05) is 6.61 Å². The molecule has 0 spiro atoms. The standard InChI is InChI=1S/C9H19NO/c1-6(2)9(7-3-4-7)8(10)5-11/h6-9,11H,3-5,10H2,1-2H3. The molecule has 2 atom stereocenters. The van der Waals surface area contributed by atoms with Crippen molar-refractivity contribution in [2.45, 2.75) is 32.7 Å². The minimum atomic E-state index is 0.00231. The summed E-state index contributed by atoms with van der Waals surface area (Å²) in [5.74, 6) is 1.96. The summed E-state index contributed by atoms with van der Waals surface area (Å²) in [6.07, 6.45) is 2.63. The van der Waals surface area contributed by atoms with Gasteiger partial charge in [0.05, 0.1) is 6.61 Å². The van der Waals surface area contributed by atoms with Crippen LogP contribution in [0.15, 0.2) is 0 Å². The molecular formula is C9H19NO. The maximum atomic E-state index is 8.91. The predicted molar refractivity (Wildman–Crippen MR) is 46.1 cm³/mol. The van der Waals surface area contributed by atoms with E-state index in [1.165, 1.54) is 12.8 Å². The van der Waals surface area contributed by atoms with Gasteiger partial charge in [0.1, 0.15) is 0 Å². The van der Waals surface area contributed by atoms with Crippen molar-refractivity contribution < 1.29 is 5.11 Å². The van der Waals surface area contributed by atoms with E-state index in [0.717, 1.165) is 5.92 Å². The summed E-state index contributed by atoms with van der Waals surface area (Å²) in [6.45, 7) is 4.52. The summed E-state index contributed by atoms with van der Waals surface area (Å²) in [5, 5.41) is 8.91. The molecule has 1 aliphatic rings. The predicted octanol–water partition coefficient (Wildman–Crippen LogP) is 0.988. The number of hydrogen-bond donors (Lipinski definition) is 2. The lowest BCUT2D eigenvalue weighted by molar-refractivity contribution is 0.183. The number of aliphatic hydroxyl groups excluding tert-OH is 1. The van der Waals surface area contributed by atoms with Crippen molar-refractivity contribution in [3.05, 3.63) is 0 Å². The number of hydrogen-bond acceptors (Lipinski definition) is 2. The maximum absolute atomic E-state index is 8.91. The highest BCUT2D eigenvalue weighted by atomic mass is 16.3. The minimum Gasteiger partial charge on any atom is -0.395 e. The quantitative estimate of drug-likeness (QED) is 0.639. The molecule has 1 aliphatic carbocycles. The molecule has 1 rings (SSSR count). The van der Waals surface area contributed by atoms with Crippen LogP contribution < -0.4 is 5.73 Å². The van der Waals surface area contributed by atoms with E-state index in [2.05, 4.69) is 13.8 Å². The Balaban J connectivity index is 2.44. The van der Waals surface area contributed by atoms with Crippen molar-refractivity contribution in [3.63, 3.8) is 0 Å². The van der Waals surface area contributed by atoms with Gasteiger partial charge in [-0.3, -0.25) is 0 Å². The largest absolute Gasteiger partial charge is 0.395 e. The highest BCUT2D eigenvalue weighted by Gasteiger charge is 2.36. The second kappa shape index (κ2) is 3.55. The Morgan fingerprint density at radius 3 is 2.27 bits per heavy atom. The molecule has 0 saturated heterocycles. The number of rotatable bonds is 4. The molecule has 0 bridgehead atoms. The van der Waals surface area contributed by atoms with Crippen LogP contribution in [0.4, 0.5) is 0 Å². The fraction of sp³-hybridized carbons (Fsp3) is 1.00. The number of aliphatic hydroxyl groups is 1. The molecule has 2 nitrogen and oxygen atoms in total. The molecule has 2 heteroatoms. The van der Waals surface area contributed by atoms with Crippen LogP contribution in [0.25, 0.3) is 0 Å². The van der Waals surface area contributed by atoms with E-state index in [4.69, 9.17) is 10.8 Å². The Morgan fingerprint density at radius 1 is 1.45 bits per heavy atom. The average Bonchev–Trinajstić information content (AvgIpc) is 2.71. The summed E-state index contributed by atoms with van der Waals surface area (Å²) in [7, 11) is 0. The van der Waals surface area contributed by atoms with Gasteiger partial charge in [-0.2, -0.15) is 0 Å². The fourth-order valence-electron chi connectivity index (χ4n) is 1.99. The van der Waals surface area contributed by atoms with Crippen molar-refractivity contribution in [1.82, 2.24) is 0 Å². The van der Waals surface area contributed by atoms with Gasteiger partial charge in [-0.15, -0.1) is 0 Å². The fourth-order valence-corrected chi connectivity index (χ4v) is 1.99. The third-order valence-electron chi connectivity index (χ3n) is 2.64. The highest BCUT2D eigenvalue weighted by Crippen LogP contribution is 2.41. The third kappa shape index (κ3) is 2.17. The molecular weight excluding hydrogens is 138 g/mol. The Bertz CT molecular complexity index is 119. The van der Waals surface area contributed by atoms with Crippen molar-refractivity contribution in [3.8, 4) is 0 Å². The van der Waals surface area contributed by atoms with Gasteiger partial charge in [0.2, 0.25) is 0 Å². The molecule has 1 saturated carbocycles. The highest BCUT2D eigenvalue weighted by molar-refractivity contribution is 4.88. The molecule has 0 aromatic rings. The summed E-state index contributed by atoms with van der Waals surface area (Å²) in [4.78, 5) is 0. The second-order valence-corrected chi connectivity index (χ2v) is 4.01. The zero-order valence-corrected chi connectivity index (χ0v) is 7.46. The van der Waals surface area contributed by atoms with Gasteiger partial charge < -0.3 is 10.8 Å². The van der Waals surface area contributed by atoms with E-state index in [1.807, 2.05) is 0 Å². The van der Waals surface area contributed by atoms with Crippen LogP contribution in [-0.4, -0.2) is 17.8 Å². The Labute approximate surface area is 68.8 Å². The van der Waals surface area contributed by atoms with Gasteiger partial charge in [-0.25, -0.2) is 0 Å². The molecule has 0 aromatic heterocycles. The zero-order valence-electron chi connectivity index (χ0n) is 7.46. The Kier molecular flexibility index (Phi) is 2.90. The zero-order chi connectivity index (χ0) is 8.43. The van der Waals surface area contributed by atoms with E-state index in [9.17, 15) is 0 Å². The number of nitrogens with two attached hydrogens (primary N) is 1. The van der Waals surface area contributed by atoms with Crippen molar-refractivity contribution in [2.24, 2.45) is 23.5 Å². The molecule has 11 heavy (non-hydrogen) atoms. The lowest BCUT2D eigenvalue weighted by Gasteiger charge is -2.25. The van der Waals surface area contributed by atoms with Crippen LogP contribution in [-0.2, 0) is 0 Å². The first-order chi connectivity index (χ1) is 5.16. The molecule has 0 aromatic carbocycles. The molecule has 2 unspecified atom stereocenters. The SMILES string of the molecule is CC(C)C(C(N)CO)C1CC1. The summed E-state index contributed by atoms with van der Waals surface area (Å²) >= 11 is 0. The normalized spacial score (nSPS) is 23.7. The van der Waals surface area contributed by atoms with E-state index in [0.29, 0.717) is 11.8 Å². The average molecular weight is 157 g/mol. The van der Waals surface area contributed by atoms with Crippen LogP contribution in [0.2, 0.25) is 0 Å². The van der Waals surface area contributed by atoms with Crippen LogP contribution in [0, 0.1) is 17.8 Å². The van der Waals surface area contributed by atoms with E-state index in [1.54, 1.807) is 0 Å². The monoisotopic (exact) mass is 157 g/mol. The first-order valence-corrected chi connectivity index (χ1v) is 4.53. The molecule has 3 N–H and O–H groups in total. The maximum Gasteiger partial charge on any atom is 0.0585 e. The van der Waals surface area contributed by atoms with Gasteiger partial charge in [-0.05, 0) is 30.6 Å². The first kappa shape index (κ1) is 9.01. The van der Waals surface area contributed by atoms with Crippen LogP contribution in [0.1, 0.15) is 26.7 Å². The lowest BCUT2D eigenvalue weighted by atomic mass is 9.85. The summed E-state index contributed by atoms with van der Waals surface area (Å²) in [5.41, 5.74) is 5.81. The van der Waals surface area contributed by atoms with Gasteiger partial charge in [0.15, 0.2) is 0 Å². The molecule has 0 radical (unpaired) electrons. The molecule has 0 heterocycles. The summed E-state index contributed by atoms with van der Waals surface area (Å²) < 4.78 is 0. The van der Waals surface area contributed by atoms with E-state index in [-0.39, 0.29) is 12.6 Å². The van der Waals surface area contributed by atoms with Crippen molar-refractivity contribution >= 4 is 0 Å². The Morgan fingerprint density at radius 2 is 2.00 bits per heavy atom. The van der Waals surface area contributed by atoms with Gasteiger partial charge in [0.25, 0.3) is 0 Å². The lowest BCUT2D eigenvalue weighted by Crippen LogP contribution is -2.37. The molecule has 1 fully saturated rings. The van der Waals surface area contributed by atoms with Crippen LogP contribution >= 0.6 is 0 Å². The Hall–Kier alpha value is -0.0800. The van der Waals surface area contributed by atoms with Gasteiger partial charge in [0, 0.05) is 6.04 Å². The van der Waals surface area contributed by atoms with E-state index >= 15 is 0 Å². The molecule has 0 amide bonds. The molecule has 0 aliphatic heterocycles. The van der Waals surface area contributed by atoms with Crippen LogP contribution in [0.5, 0.6) is 0 Å². The topological polar surface area (TPSA) is 46.2 Å². The van der Waals surface area contributed by atoms with Crippen molar-refractivity contribution in [1.29, 1.82) is 0 Å². The van der Waals surface area contributed by atoms with Gasteiger partial charge >= 0.3 is 0 Å². The third-order valence-corrected chi connectivity index (χ3v) is 2.64. The smallest absolute Gasteiger partial charge is 0.0585 e. The summed E-state index contributed by atoms with van der Waals surface area (Å²) in [6, 6.07) is 0.00231.